The maximum Gasteiger partial charge on any atom is 0.448 e. The lowest BCUT2D eigenvalue weighted by atomic mass is 10.2. The Kier molecular flexibility index (Phi) is 5.35. The van der Waals surface area contributed by atoms with E-state index in [1.165, 1.54) is 19.1 Å². The molecular formula is C19H18FN5O3. The summed E-state index contributed by atoms with van der Waals surface area (Å²) in [6, 6.07) is 6.20. The van der Waals surface area contributed by atoms with Gasteiger partial charge in [-0.1, -0.05) is 17.1 Å². The number of allylic oxidation sites excluding steroid dienone is 1. The van der Waals surface area contributed by atoms with E-state index in [-0.39, 0.29) is 22.6 Å². The van der Waals surface area contributed by atoms with Gasteiger partial charge in [-0.3, -0.25) is 4.68 Å². The third-order valence-electron chi connectivity index (χ3n) is 3.66. The number of halogens is 1. The van der Waals surface area contributed by atoms with E-state index in [2.05, 4.69) is 26.4 Å². The summed E-state index contributed by atoms with van der Waals surface area (Å²) in [7, 11) is 1.80. The van der Waals surface area contributed by atoms with Gasteiger partial charge in [-0.2, -0.15) is 10.1 Å². The Morgan fingerprint density at radius 3 is 2.79 bits per heavy atom. The average molecular weight is 383 g/mol. The number of carbonyl (C=O) groups excluding carboxylic acids is 1. The fourth-order valence-corrected chi connectivity index (χ4v) is 2.32. The molecule has 0 bridgehead atoms. The number of aryl methyl sites for hydroxylation is 2. The van der Waals surface area contributed by atoms with Gasteiger partial charge in [0.2, 0.25) is 0 Å². The number of nitrogens with zero attached hydrogens (tertiary/aromatic N) is 5. The van der Waals surface area contributed by atoms with Gasteiger partial charge in [0.1, 0.15) is 5.75 Å². The van der Waals surface area contributed by atoms with Gasteiger partial charge in [-0.05, 0) is 31.5 Å². The molecule has 8 nitrogen and oxygen atoms in total. The van der Waals surface area contributed by atoms with Gasteiger partial charge in [-0.25, -0.2) is 9.78 Å². The molecule has 1 amide bonds. The first-order valence-corrected chi connectivity index (χ1v) is 8.27. The minimum atomic E-state index is -1.20. The van der Waals surface area contributed by atoms with Crippen molar-refractivity contribution in [3.8, 4) is 23.0 Å². The van der Waals surface area contributed by atoms with Gasteiger partial charge < -0.3 is 9.47 Å². The largest absolute Gasteiger partial charge is 0.448 e. The number of carbonyl (C=O) groups is 1. The van der Waals surface area contributed by atoms with Gasteiger partial charge in [0.25, 0.3) is 0 Å². The Bertz CT molecular complexity index is 1030. The van der Waals surface area contributed by atoms with E-state index in [9.17, 15) is 9.28 Å². The summed E-state index contributed by atoms with van der Waals surface area (Å²) in [5.41, 5.74) is 2.08. The van der Waals surface area contributed by atoms with Crippen molar-refractivity contribution < 1.29 is 18.7 Å². The van der Waals surface area contributed by atoms with Gasteiger partial charge in [0.15, 0.2) is 0 Å². The zero-order chi connectivity index (χ0) is 20.3. The molecule has 28 heavy (non-hydrogen) atoms. The Balaban J connectivity index is 1.84. The van der Waals surface area contributed by atoms with Gasteiger partial charge in [0.05, 0.1) is 23.3 Å². The first-order chi connectivity index (χ1) is 13.3. The van der Waals surface area contributed by atoms with Crippen LogP contribution in [-0.4, -0.2) is 25.8 Å². The number of amides is 1. The zero-order valence-corrected chi connectivity index (χ0v) is 15.6. The smallest absolute Gasteiger partial charge is 0.424 e. The molecule has 0 fully saturated rings. The van der Waals surface area contributed by atoms with Crippen LogP contribution in [0.15, 0.2) is 55.2 Å². The minimum Gasteiger partial charge on any atom is -0.424 e. The molecule has 0 aliphatic rings. The second kappa shape index (κ2) is 7.87. The number of benzene rings is 1. The van der Waals surface area contributed by atoms with E-state index in [1.54, 1.807) is 43.2 Å². The van der Waals surface area contributed by atoms with Crippen LogP contribution in [0, 0.1) is 6.92 Å². The molecule has 2 aromatic heterocycles. The van der Waals surface area contributed by atoms with Crippen LogP contribution < -0.4 is 9.86 Å². The summed E-state index contributed by atoms with van der Waals surface area (Å²) in [4.78, 5) is 20.1. The maximum atomic E-state index is 14.2. The molecule has 0 saturated heterocycles. The van der Waals surface area contributed by atoms with Crippen LogP contribution in [0.25, 0.3) is 11.3 Å². The van der Waals surface area contributed by atoms with Gasteiger partial charge in [0, 0.05) is 31.1 Å². The number of aromatic nitrogens is 4. The molecule has 0 aliphatic carbocycles. The lowest BCUT2D eigenvalue weighted by Crippen LogP contribution is -2.22. The molecule has 3 rings (SSSR count). The summed E-state index contributed by atoms with van der Waals surface area (Å²) >= 11 is 0. The molecule has 9 heteroatoms. The molecule has 2 heterocycles. The maximum absolute atomic E-state index is 14.2. The van der Waals surface area contributed by atoms with E-state index >= 15 is 0 Å². The van der Waals surface area contributed by atoms with Crippen LogP contribution in [0.2, 0.25) is 0 Å². The van der Waals surface area contributed by atoms with Crippen molar-refractivity contribution in [2.75, 3.05) is 5.12 Å². The van der Waals surface area contributed by atoms with Crippen molar-refractivity contribution in [1.29, 1.82) is 0 Å². The quantitative estimate of drug-likeness (QED) is 0.481. The third kappa shape index (κ3) is 4.32. The van der Waals surface area contributed by atoms with Crippen LogP contribution in [-0.2, 0) is 11.8 Å². The second-order valence-corrected chi connectivity index (χ2v) is 6.03. The number of rotatable bonds is 5. The molecule has 3 aromatic rings. The first-order valence-electron chi connectivity index (χ1n) is 8.27. The van der Waals surface area contributed by atoms with Crippen molar-refractivity contribution >= 4 is 11.8 Å². The standard InChI is InChI=1S/C19H18FN5O3/c1-12(2)27-19(26)25(20)15-6-5-13(3)17(9-15)28-18-21-8-7-16(23-18)14-10-22-24(4)11-14/h5-11H,1H2,2-4H3. The molecule has 0 saturated carbocycles. The minimum absolute atomic E-state index is 0.0599. The van der Waals surface area contributed by atoms with Crippen molar-refractivity contribution in [2.24, 2.45) is 7.05 Å². The number of ether oxygens (including phenoxy) is 2. The molecule has 0 aliphatic heterocycles. The Morgan fingerprint density at radius 2 is 2.11 bits per heavy atom. The van der Waals surface area contributed by atoms with E-state index in [1.807, 2.05) is 6.20 Å². The third-order valence-corrected chi connectivity index (χ3v) is 3.66. The van der Waals surface area contributed by atoms with Gasteiger partial charge >= 0.3 is 12.1 Å². The number of hydrogen-bond acceptors (Lipinski definition) is 6. The van der Waals surface area contributed by atoms with Crippen LogP contribution in [0.3, 0.4) is 0 Å². The van der Waals surface area contributed by atoms with E-state index < -0.39 is 6.09 Å². The summed E-state index contributed by atoms with van der Waals surface area (Å²) < 4.78 is 26.3. The number of anilines is 1. The molecular weight excluding hydrogens is 365 g/mol. The highest BCUT2D eigenvalue weighted by atomic mass is 19.2. The van der Waals surface area contributed by atoms with Crippen LogP contribution in [0.4, 0.5) is 15.0 Å². The first kappa shape index (κ1) is 19.0. The van der Waals surface area contributed by atoms with Crippen LogP contribution >= 0.6 is 0 Å². The lowest BCUT2D eigenvalue weighted by molar-refractivity contribution is 0.169. The van der Waals surface area contributed by atoms with Crippen molar-refractivity contribution in [3.05, 3.63) is 60.8 Å². The normalized spacial score (nSPS) is 10.4. The molecule has 0 unspecified atom stereocenters. The van der Waals surface area contributed by atoms with E-state index in [0.717, 1.165) is 5.56 Å². The molecule has 144 valence electrons. The summed E-state index contributed by atoms with van der Waals surface area (Å²) in [6.45, 7) is 6.63. The average Bonchev–Trinajstić information content (AvgIpc) is 3.09. The highest BCUT2D eigenvalue weighted by molar-refractivity contribution is 5.86. The molecule has 0 radical (unpaired) electrons. The van der Waals surface area contributed by atoms with Crippen LogP contribution in [0.5, 0.6) is 11.8 Å². The SMILES string of the molecule is C=C(C)OC(=O)N(F)c1ccc(C)c(Oc2nccc(-c3cnn(C)c3)n2)c1. The molecule has 0 spiro atoms. The molecule has 0 atom stereocenters. The van der Waals surface area contributed by atoms with Crippen molar-refractivity contribution in [3.63, 3.8) is 0 Å². The van der Waals surface area contributed by atoms with Crippen molar-refractivity contribution in [1.82, 2.24) is 19.7 Å². The fraction of sp³-hybridized carbons (Fsp3) is 0.158. The summed E-state index contributed by atoms with van der Waals surface area (Å²) in [5, 5.41) is 3.98. The predicted molar refractivity (Wildman–Crippen MR) is 100 cm³/mol. The summed E-state index contributed by atoms with van der Waals surface area (Å²) in [5.74, 6) is 0.378. The van der Waals surface area contributed by atoms with Crippen molar-refractivity contribution in [2.45, 2.75) is 13.8 Å². The Labute approximate surface area is 160 Å². The van der Waals surface area contributed by atoms with E-state index in [4.69, 9.17) is 4.74 Å². The number of hydrogen-bond donors (Lipinski definition) is 0. The summed E-state index contributed by atoms with van der Waals surface area (Å²) in [6.07, 6.45) is 3.84. The fourth-order valence-electron chi connectivity index (χ4n) is 2.32. The predicted octanol–water partition coefficient (Wildman–Crippen LogP) is 4.34. The van der Waals surface area contributed by atoms with Gasteiger partial charge in [-0.15, -0.1) is 5.12 Å². The Morgan fingerprint density at radius 1 is 1.32 bits per heavy atom. The monoisotopic (exact) mass is 383 g/mol. The second-order valence-electron chi connectivity index (χ2n) is 6.03. The lowest BCUT2D eigenvalue weighted by Gasteiger charge is -2.14. The molecule has 1 aromatic carbocycles. The Hall–Kier alpha value is -3.75. The van der Waals surface area contributed by atoms with Crippen LogP contribution in [0.1, 0.15) is 12.5 Å². The highest BCUT2D eigenvalue weighted by Gasteiger charge is 2.19. The molecule has 0 N–H and O–H groups in total. The topological polar surface area (TPSA) is 82.4 Å². The zero-order valence-electron chi connectivity index (χ0n) is 15.6. The highest BCUT2D eigenvalue weighted by Crippen LogP contribution is 2.29. The van der Waals surface area contributed by atoms with E-state index in [0.29, 0.717) is 17.0 Å².